The normalized spacial score (nSPS) is 11.4. The summed E-state index contributed by atoms with van der Waals surface area (Å²) in [5.74, 6) is -0.0300. The fourth-order valence-corrected chi connectivity index (χ4v) is 4.24. The molecule has 2 aromatic carbocycles. The standard InChI is InChI=1S/C19H21N3O3S2/c1-27(24,25)22-15-7-4-6-14(12-15)13-20-18(23)10-5-11-19-21-16-8-2-3-9-17(16)26-19/h2-4,6-9,12,22H,5,10-11,13H2,1H3,(H,20,23). The molecule has 0 aliphatic heterocycles. The van der Waals surface area contributed by atoms with Gasteiger partial charge in [-0.25, -0.2) is 13.4 Å². The number of carbonyl (C=O) groups is 1. The van der Waals surface area contributed by atoms with Crippen molar-refractivity contribution in [1.29, 1.82) is 0 Å². The number of hydrogen-bond acceptors (Lipinski definition) is 5. The minimum Gasteiger partial charge on any atom is -0.352 e. The minimum atomic E-state index is -3.32. The van der Waals surface area contributed by atoms with Gasteiger partial charge in [0, 0.05) is 18.7 Å². The second kappa shape index (κ2) is 8.49. The predicted octanol–water partition coefficient (Wildman–Crippen LogP) is 3.31. The van der Waals surface area contributed by atoms with E-state index in [0.717, 1.165) is 35.2 Å². The number of thiazole rings is 1. The number of aromatic nitrogens is 1. The van der Waals surface area contributed by atoms with Gasteiger partial charge in [0.1, 0.15) is 0 Å². The topological polar surface area (TPSA) is 88.2 Å². The Balaban J connectivity index is 1.45. The lowest BCUT2D eigenvalue weighted by Gasteiger charge is -2.08. The van der Waals surface area contributed by atoms with Gasteiger partial charge >= 0.3 is 0 Å². The number of nitrogens with zero attached hydrogens (tertiary/aromatic N) is 1. The summed E-state index contributed by atoms with van der Waals surface area (Å²) in [6.45, 7) is 0.360. The molecule has 0 saturated carbocycles. The molecule has 0 fully saturated rings. The van der Waals surface area contributed by atoms with Gasteiger partial charge in [-0.15, -0.1) is 11.3 Å². The Hall–Kier alpha value is -2.45. The summed E-state index contributed by atoms with van der Waals surface area (Å²) in [5.41, 5.74) is 2.33. The number of hydrogen-bond donors (Lipinski definition) is 2. The largest absolute Gasteiger partial charge is 0.352 e. The molecule has 0 aliphatic rings. The van der Waals surface area contributed by atoms with Crippen molar-refractivity contribution in [2.24, 2.45) is 0 Å². The SMILES string of the molecule is CS(=O)(=O)Nc1cccc(CNC(=O)CCCc2nc3ccccc3s2)c1. The quantitative estimate of drug-likeness (QED) is 0.604. The number of rotatable bonds is 8. The highest BCUT2D eigenvalue weighted by Gasteiger charge is 2.07. The van der Waals surface area contributed by atoms with Crippen molar-refractivity contribution in [3.05, 3.63) is 59.1 Å². The lowest BCUT2D eigenvalue weighted by molar-refractivity contribution is -0.121. The van der Waals surface area contributed by atoms with Gasteiger partial charge in [-0.3, -0.25) is 9.52 Å². The molecule has 0 aliphatic carbocycles. The van der Waals surface area contributed by atoms with E-state index in [0.29, 0.717) is 18.7 Å². The number of benzene rings is 2. The summed E-state index contributed by atoms with van der Waals surface area (Å²) in [4.78, 5) is 16.6. The van der Waals surface area contributed by atoms with E-state index in [4.69, 9.17) is 0 Å². The van der Waals surface area contributed by atoms with E-state index in [9.17, 15) is 13.2 Å². The zero-order valence-electron chi connectivity index (χ0n) is 14.9. The van der Waals surface area contributed by atoms with Crippen LogP contribution < -0.4 is 10.0 Å². The fourth-order valence-electron chi connectivity index (χ4n) is 2.67. The lowest BCUT2D eigenvalue weighted by atomic mass is 10.2. The van der Waals surface area contributed by atoms with Crippen LogP contribution in [-0.4, -0.2) is 25.6 Å². The van der Waals surface area contributed by atoms with Gasteiger partial charge in [-0.05, 0) is 42.7 Å². The van der Waals surface area contributed by atoms with Gasteiger partial charge in [-0.1, -0.05) is 24.3 Å². The maximum absolute atomic E-state index is 12.1. The molecule has 0 bridgehead atoms. The smallest absolute Gasteiger partial charge is 0.229 e. The number of carbonyl (C=O) groups excluding carboxylic acids is 1. The van der Waals surface area contributed by atoms with Gasteiger partial charge in [0.15, 0.2) is 0 Å². The minimum absolute atomic E-state index is 0.0300. The maximum atomic E-state index is 12.1. The molecule has 0 saturated heterocycles. The van der Waals surface area contributed by atoms with Crippen LogP contribution in [0.1, 0.15) is 23.4 Å². The third kappa shape index (κ3) is 6.04. The fraction of sp³-hybridized carbons (Fsp3) is 0.263. The summed E-state index contributed by atoms with van der Waals surface area (Å²) in [5, 5.41) is 3.91. The monoisotopic (exact) mass is 403 g/mol. The van der Waals surface area contributed by atoms with Crippen LogP contribution >= 0.6 is 11.3 Å². The molecule has 2 N–H and O–H groups in total. The van der Waals surface area contributed by atoms with Crippen LogP contribution in [0.2, 0.25) is 0 Å². The van der Waals surface area contributed by atoms with E-state index >= 15 is 0 Å². The average molecular weight is 404 g/mol. The van der Waals surface area contributed by atoms with E-state index in [-0.39, 0.29) is 5.91 Å². The van der Waals surface area contributed by atoms with Crippen molar-refractivity contribution >= 4 is 43.2 Å². The summed E-state index contributed by atoms with van der Waals surface area (Å²) in [6.07, 6.45) is 3.05. The Morgan fingerprint density at radius 1 is 1.15 bits per heavy atom. The summed E-state index contributed by atoms with van der Waals surface area (Å²) >= 11 is 1.67. The van der Waals surface area contributed by atoms with Crippen LogP contribution in [0.25, 0.3) is 10.2 Å². The number of sulfonamides is 1. The first-order chi connectivity index (χ1) is 12.9. The Bertz CT molecular complexity index is 1010. The van der Waals surface area contributed by atoms with E-state index in [1.165, 1.54) is 4.70 Å². The van der Waals surface area contributed by atoms with Crippen molar-refractivity contribution in [1.82, 2.24) is 10.3 Å². The molecular weight excluding hydrogens is 382 g/mol. The number of anilines is 1. The van der Waals surface area contributed by atoms with Crippen LogP contribution in [0.3, 0.4) is 0 Å². The molecule has 0 atom stereocenters. The summed E-state index contributed by atoms with van der Waals surface area (Å²) in [6, 6.07) is 15.0. The molecule has 0 unspecified atom stereocenters. The Morgan fingerprint density at radius 3 is 2.74 bits per heavy atom. The summed E-state index contributed by atoms with van der Waals surface area (Å²) < 4.78 is 26.2. The van der Waals surface area contributed by atoms with Crippen LogP contribution in [0, 0.1) is 0 Å². The first kappa shape index (κ1) is 19.3. The van der Waals surface area contributed by atoms with Crippen LogP contribution in [0.5, 0.6) is 0 Å². The van der Waals surface area contributed by atoms with Gasteiger partial charge in [-0.2, -0.15) is 0 Å². The molecule has 0 radical (unpaired) electrons. The average Bonchev–Trinajstić information content (AvgIpc) is 3.01. The number of amides is 1. The zero-order chi connectivity index (χ0) is 19.3. The van der Waals surface area contributed by atoms with Crippen LogP contribution in [0.4, 0.5) is 5.69 Å². The van der Waals surface area contributed by atoms with Crippen molar-refractivity contribution in [2.75, 3.05) is 11.0 Å². The Kier molecular flexibility index (Phi) is 6.08. The number of fused-ring (bicyclic) bond motifs is 1. The Morgan fingerprint density at radius 2 is 1.96 bits per heavy atom. The lowest BCUT2D eigenvalue weighted by Crippen LogP contribution is -2.22. The van der Waals surface area contributed by atoms with Gasteiger partial charge in [0.05, 0.1) is 21.5 Å². The zero-order valence-corrected chi connectivity index (χ0v) is 16.6. The second-order valence-electron chi connectivity index (χ2n) is 6.28. The van der Waals surface area contributed by atoms with E-state index in [1.54, 1.807) is 29.5 Å². The third-order valence-electron chi connectivity index (χ3n) is 3.85. The van der Waals surface area contributed by atoms with Crippen LogP contribution in [-0.2, 0) is 27.8 Å². The van der Waals surface area contributed by atoms with E-state index in [2.05, 4.69) is 21.1 Å². The van der Waals surface area contributed by atoms with Crippen molar-refractivity contribution in [2.45, 2.75) is 25.8 Å². The first-order valence-electron chi connectivity index (χ1n) is 8.57. The van der Waals surface area contributed by atoms with Crippen molar-refractivity contribution < 1.29 is 13.2 Å². The molecule has 0 spiro atoms. The van der Waals surface area contributed by atoms with Crippen molar-refractivity contribution in [3.8, 4) is 0 Å². The van der Waals surface area contributed by atoms with Gasteiger partial charge in [0.2, 0.25) is 15.9 Å². The Labute approximate surface area is 162 Å². The highest BCUT2D eigenvalue weighted by atomic mass is 32.2. The second-order valence-corrected chi connectivity index (χ2v) is 9.14. The molecule has 1 amide bonds. The highest BCUT2D eigenvalue weighted by Crippen LogP contribution is 2.22. The van der Waals surface area contributed by atoms with Gasteiger partial charge in [0.25, 0.3) is 0 Å². The van der Waals surface area contributed by atoms with E-state index < -0.39 is 10.0 Å². The van der Waals surface area contributed by atoms with Gasteiger partial charge < -0.3 is 5.32 Å². The molecule has 1 aromatic heterocycles. The number of aryl methyl sites for hydroxylation is 1. The first-order valence-corrected chi connectivity index (χ1v) is 11.3. The highest BCUT2D eigenvalue weighted by molar-refractivity contribution is 7.92. The maximum Gasteiger partial charge on any atom is 0.229 e. The molecule has 1 heterocycles. The third-order valence-corrected chi connectivity index (χ3v) is 5.56. The molecule has 8 heteroatoms. The van der Waals surface area contributed by atoms with E-state index in [1.807, 2.05) is 24.3 Å². The molecule has 3 rings (SSSR count). The molecule has 6 nitrogen and oxygen atoms in total. The molecule has 27 heavy (non-hydrogen) atoms. The molecule has 142 valence electrons. The number of nitrogens with one attached hydrogen (secondary N) is 2. The van der Waals surface area contributed by atoms with Crippen molar-refractivity contribution in [3.63, 3.8) is 0 Å². The molecular formula is C19H21N3O3S2. The number of para-hydroxylation sites is 1. The molecule has 3 aromatic rings. The van der Waals surface area contributed by atoms with Crippen LogP contribution in [0.15, 0.2) is 48.5 Å². The predicted molar refractivity (Wildman–Crippen MR) is 109 cm³/mol. The summed E-state index contributed by atoms with van der Waals surface area (Å²) in [7, 11) is -3.32.